The molecule has 0 saturated carbocycles. The molecule has 0 spiro atoms. The van der Waals surface area contributed by atoms with Crippen molar-refractivity contribution in [2.24, 2.45) is 0 Å². The van der Waals surface area contributed by atoms with Crippen molar-refractivity contribution in [1.29, 1.82) is 0 Å². The van der Waals surface area contributed by atoms with Crippen molar-refractivity contribution in [2.45, 2.75) is 0 Å². The second-order valence-corrected chi connectivity index (χ2v) is 2.96. The smallest absolute Gasteiger partial charge is 0.170 e. The molecule has 1 aromatic carbocycles. The van der Waals surface area contributed by atoms with Crippen LogP contribution < -0.4 is 4.74 Å². The Kier molecular flexibility index (Phi) is 3.90. The molecule has 0 aromatic heterocycles. The molecule has 0 bridgehead atoms. The van der Waals surface area contributed by atoms with Crippen LogP contribution in [0.5, 0.6) is 5.75 Å². The van der Waals surface area contributed by atoms with Crippen LogP contribution >= 0.6 is 15.9 Å². The Morgan fingerprint density at radius 1 is 1.43 bits per heavy atom. The minimum atomic E-state index is -0.744. The van der Waals surface area contributed by atoms with Gasteiger partial charge in [0.15, 0.2) is 11.6 Å². The summed E-state index contributed by atoms with van der Waals surface area (Å²) >= 11 is 3.09. The van der Waals surface area contributed by atoms with Crippen LogP contribution in [-0.4, -0.2) is 12.4 Å². The van der Waals surface area contributed by atoms with Gasteiger partial charge in [-0.1, -0.05) is 27.8 Å². The van der Waals surface area contributed by atoms with Crippen LogP contribution in [-0.2, 0) is 0 Å². The first-order valence-corrected chi connectivity index (χ1v) is 4.89. The van der Waals surface area contributed by atoms with E-state index in [1.807, 2.05) is 0 Å². The zero-order valence-electron chi connectivity index (χ0n) is 7.40. The molecule has 0 radical (unpaired) electrons. The molecule has 74 valence electrons. The topological polar surface area (TPSA) is 9.23 Å². The average molecular weight is 261 g/mol. The summed E-state index contributed by atoms with van der Waals surface area (Å²) in [6, 6.07) is 1.90. The van der Waals surface area contributed by atoms with Crippen LogP contribution in [0.3, 0.4) is 0 Å². The van der Waals surface area contributed by atoms with E-state index in [-0.39, 0.29) is 11.3 Å². The number of halogens is 3. The molecule has 14 heavy (non-hydrogen) atoms. The molecule has 1 rings (SSSR count). The fraction of sp³-hybridized carbons (Fsp3) is 0.200. The van der Waals surface area contributed by atoms with Crippen molar-refractivity contribution in [3.63, 3.8) is 0 Å². The van der Waals surface area contributed by atoms with Crippen molar-refractivity contribution in [1.82, 2.24) is 0 Å². The average Bonchev–Trinajstić information content (AvgIpc) is 2.14. The van der Waals surface area contributed by atoms with Gasteiger partial charge in [-0.3, -0.25) is 0 Å². The standard InChI is InChI=1S/C10H7BrF2O/c1-14-10-7(3-2-4-11)5-8(12)6-9(10)13/h5-6H,4H2,1H3. The first kappa shape index (κ1) is 11.0. The molecule has 0 unspecified atom stereocenters. The molecule has 0 aliphatic carbocycles. The minimum absolute atomic E-state index is 0.0279. The van der Waals surface area contributed by atoms with Crippen LogP contribution in [0.1, 0.15) is 5.56 Å². The lowest BCUT2D eigenvalue weighted by Gasteiger charge is -2.04. The Morgan fingerprint density at radius 2 is 2.14 bits per heavy atom. The van der Waals surface area contributed by atoms with Gasteiger partial charge < -0.3 is 4.74 Å². The maximum atomic E-state index is 13.1. The van der Waals surface area contributed by atoms with Crippen LogP contribution in [0.2, 0.25) is 0 Å². The molecule has 1 aromatic rings. The second-order valence-electron chi connectivity index (χ2n) is 2.40. The molecular weight excluding hydrogens is 254 g/mol. The van der Waals surface area contributed by atoms with Gasteiger partial charge in [-0.2, -0.15) is 0 Å². The van der Waals surface area contributed by atoms with E-state index in [1.54, 1.807) is 0 Å². The van der Waals surface area contributed by atoms with Gasteiger partial charge in [0.05, 0.1) is 18.0 Å². The van der Waals surface area contributed by atoms with Gasteiger partial charge in [-0.05, 0) is 6.07 Å². The van der Waals surface area contributed by atoms with E-state index in [1.165, 1.54) is 7.11 Å². The first-order chi connectivity index (χ1) is 6.69. The van der Waals surface area contributed by atoms with Crippen LogP contribution in [0.25, 0.3) is 0 Å². The summed E-state index contributed by atoms with van der Waals surface area (Å²) in [5, 5.41) is 0.439. The van der Waals surface area contributed by atoms with Gasteiger partial charge in [0.25, 0.3) is 0 Å². The van der Waals surface area contributed by atoms with Gasteiger partial charge in [-0.25, -0.2) is 8.78 Å². The van der Waals surface area contributed by atoms with E-state index in [0.717, 1.165) is 12.1 Å². The maximum absolute atomic E-state index is 13.1. The molecule has 0 N–H and O–H groups in total. The number of hydrogen-bond acceptors (Lipinski definition) is 1. The zero-order chi connectivity index (χ0) is 10.6. The third-order valence-corrected chi connectivity index (χ3v) is 1.78. The Bertz CT molecular complexity index is 393. The third kappa shape index (κ3) is 2.46. The number of rotatable bonds is 1. The summed E-state index contributed by atoms with van der Waals surface area (Å²) in [5.41, 5.74) is 0.212. The summed E-state index contributed by atoms with van der Waals surface area (Å²) in [6.07, 6.45) is 0. The molecule has 0 aliphatic rings. The minimum Gasteiger partial charge on any atom is -0.492 e. The molecule has 0 fully saturated rings. The highest BCUT2D eigenvalue weighted by Crippen LogP contribution is 2.22. The van der Waals surface area contributed by atoms with Gasteiger partial charge in [0.2, 0.25) is 0 Å². The molecule has 0 saturated heterocycles. The molecule has 0 atom stereocenters. The fourth-order valence-electron chi connectivity index (χ4n) is 0.989. The Balaban J connectivity index is 3.25. The SMILES string of the molecule is COc1c(F)cc(F)cc1C#CCBr. The second kappa shape index (κ2) is 4.97. The Hall–Kier alpha value is -1.08. The van der Waals surface area contributed by atoms with E-state index >= 15 is 0 Å². The van der Waals surface area contributed by atoms with Gasteiger partial charge in [0.1, 0.15) is 5.82 Å². The Labute approximate surface area is 89.2 Å². The number of hydrogen-bond donors (Lipinski definition) is 0. The largest absolute Gasteiger partial charge is 0.492 e. The number of methoxy groups -OCH3 is 1. The molecule has 1 nitrogen and oxygen atoms in total. The lowest BCUT2D eigenvalue weighted by molar-refractivity contribution is 0.383. The van der Waals surface area contributed by atoms with Gasteiger partial charge in [0, 0.05) is 6.07 Å². The van der Waals surface area contributed by atoms with E-state index < -0.39 is 11.6 Å². The number of benzene rings is 1. The van der Waals surface area contributed by atoms with Crippen molar-refractivity contribution in [3.05, 3.63) is 29.3 Å². The maximum Gasteiger partial charge on any atom is 0.170 e. The quantitative estimate of drug-likeness (QED) is 0.558. The summed E-state index contributed by atoms with van der Waals surface area (Å²) in [7, 11) is 1.32. The van der Waals surface area contributed by atoms with Crippen LogP contribution in [0.4, 0.5) is 8.78 Å². The van der Waals surface area contributed by atoms with Crippen LogP contribution in [0.15, 0.2) is 12.1 Å². The predicted molar refractivity (Wildman–Crippen MR) is 53.6 cm³/mol. The highest BCUT2D eigenvalue weighted by Gasteiger charge is 2.09. The zero-order valence-corrected chi connectivity index (χ0v) is 8.99. The predicted octanol–water partition coefficient (Wildman–Crippen LogP) is 2.72. The Morgan fingerprint density at radius 3 is 2.71 bits per heavy atom. The highest BCUT2D eigenvalue weighted by molar-refractivity contribution is 9.09. The first-order valence-electron chi connectivity index (χ1n) is 3.77. The third-order valence-electron chi connectivity index (χ3n) is 1.50. The summed E-state index contributed by atoms with van der Waals surface area (Å²) in [5.74, 6) is 3.80. The van der Waals surface area contributed by atoms with E-state index in [4.69, 9.17) is 4.74 Å². The van der Waals surface area contributed by atoms with Crippen LogP contribution in [0, 0.1) is 23.5 Å². The van der Waals surface area contributed by atoms with Crippen molar-refractivity contribution >= 4 is 15.9 Å². The van der Waals surface area contributed by atoms with Gasteiger partial charge in [-0.15, -0.1) is 0 Å². The summed E-state index contributed by atoms with van der Waals surface area (Å²) in [6.45, 7) is 0. The van der Waals surface area contributed by atoms with Gasteiger partial charge >= 0.3 is 0 Å². The molecule has 4 heteroatoms. The van der Waals surface area contributed by atoms with E-state index in [2.05, 4.69) is 27.8 Å². The number of alkyl halides is 1. The monoisotopic (exact) mass is 260 g/mol. The van der Waals surface area contributed by atoms with Crippen molar-refractivity contribution < 1.29 is 13.5 Å². The van der Waals surface area contributed by atoms with E-state index in [0.29, 0.717) is 5.33 Å². The molecule has 0 aliphatic heterocycles. The normalized spacial score (nSPS) is 9.14. The molecule has 0 amide bonds. The lowest BCUT2D eigenvalue weighted by Crippen LogP contribution is -1.94. The van der Waals surface area contributed by atoms with Crippen molar-refractivity contribution in [3.8, 4) is 17.6 Å². The van der Waals surface area contributed by atoms with E-state index in [9.17, 15) is 8.78 Å². The molecule has 0 heterocycles. The summed E-state index contributed by atoms with van der Waals surface area (Å²) < 4.78 is 30.7. The lowest BCUT2D eigenvalue weighted by atomic mass is 10.2. The molecular formula is C10H7BrF2O. The number of ether oxygens (including phenoxy) is 1. The summed E-state index contributed by atoms with van der Waals surface area (Å²) in [4.78, 5) is 0. The highest BCUT2D eigenvalue weighted by atomic mass is 79.9. The van der Waals surface area contributed by atoms with Crippen molar-refractivity contribution in [2.75, 3.05) is 12.4 Å². The fourth-order valence-corrected chi connectivity index (χ4v) is 1.13.